The van der Waals surface area contributed by atoms with E-state index in [1.54, 1.807) is 0 Å². The van der Waals surface area contributed by atoms with Gasteiger partial charge in [0, 0.05) is 18.8 Å². The van der Waals surface area contributed by atoms with Crippen LogP contribution in [0, 0.1) is 5.92 Å². The summed E-state index contributed by atoms with van der Waals surface area (Å²) < 4.78 is 5.95. The Balaban J connectivity index is 1.64. The summed E-state index contributed by atoms with van der Waals surface area (Å²) in [6.07, 6.45) is 5.97. The molecule has 0 aromatic heterocycles. The van der Waals surface area contributed by atoms with Gasteiger partial charge in [0.05, 0.1) is 12.1 Å². The van der Waals surface area contributed by atoms with Crippen molar-refractivity contribution in [2.24, 2.45) is 11.7 Å². The molecule has 1 aliphatic carbocycles. The van der Waals surface area contributed by atoms with Gasteiger partial charge in [-0.1, -0.05) is 13.8 Å². The van der Waals surface area contributed by atoms with Crippen LogP contribution in [0.2, 0.25) is 0 Å². The molecule has 0 heterocycles. The number of carbonyl (C=O) groups excluding carboxylic acids is 1. The van der Waals surface area contributed by atoms with E-state index < -0.39 is 6.04 Å². The van der Waals surface area contributed by atoms with Gasteiger partial charge in [-0.15, -0.1) is 0 Å². The first-order valence-electron chi connectivity index (χ1n) is 9.08. The third-order valence-corrected chi connectivity index (χ3v) is 4.27. The van der Waals surface area contributed by atoms with Gasteiger partial charge >= 0.3 is 0 Å². The molecule has 0 aliphatic heterocycles. The molecule has 0 spiro atoms. The summed E-state index contributed by atoms with van der Waals surface area (Å²) in [5.74, 6) is 1.28. The average Bonchev–Trinajstić information content (AvgIpc) is 3.05. The first-order chi connectivity index (χ1) is 11.5. The van der Waals surface area contributed by atoms with Crippen molar-refractivity contribution in [3.63, 3.8) is 0 Å². The third-order valence-electron chi connectivity index (χ3n) is 4.27. The highest BCUT2D eigenvalue weighted by atomic mass is 16.5. The van der Waals surface area contributed by atoms with Crippen LogP contribution in [0.1, 0.15) is 46.0 Å². The quantitative estimate of drug-likeness (QED) is 0.607. The Kier molecular flexibility index (Phi) is 7.37. The Bertz CT molecular complexity index is 496. The van der Waals surface area contributed by atoms with Crippen LogP contribution in [0.25, 0.3) is 0 Å². The topological polar surface area (TPSA) is 76.4 Å². The van der Waals surface area contributed by atoms with Crippen LogP contribution >= 0.6 is 0 Å². The molecule has 0 saturated heterocycles. The van der Waals surface area contributed by atoms with Crippen molar-refractivity contribution in [3.05, 3.63) is 24.3 Å². The molecule has 1 fully saturated rings. The van der Waals surface area contributed by atoms with Gasteiger partial charge in [-0.2, -0.15) is 0 Å². The number of rotatable bonds is 9. The summed E-state index contributed by atoms with van der Waals surface area (Å²) in [7, 11) is 0. The maximum Gasteiger partial charge on any atom is 0.236 e. The number of hydrogen-bond acceptors (Lipinski definition) is 4. The summed E-state index contributed by atoms with van der Waals surface area (Å²) in [6, 6.07) is 7.60. The zero-order valence-corrected chi connectivity index (χ0v) is 14.9. The van der Waals surface area contributed by atoms with Gasteiger partial charge in [-0.05, 0) is 62.3 Å². The summed E-state index contributed by atoms with van der Waals surface area (Å²) >= 11 is 0. The molecule has 1 atom stereocenters. The number of nitrogens with two attached hydrogens (primary N) is 1. The van der Waals surface area contributed by atoms with Crippen molar-refractivity contribution in [2.75, 3.05) is 18.4 Å². The second-order valence-corrected chi connectivity index (χ2v) is 7.00. The Morgan fingerprint density at radius 3 is 2.50 bits per heavy atom. The Morgan fingerprint density at radius 1 is 1.21 bits per heavy atom. The van der Waals surface area contributed by atoms with Gasteiger partial charge in [0.15, 0.2) is 0 Å². The predicted octanol–water partition coefficient (Wildman–Crippen LogP) is 2.91. The van der Waals surface area contributed by atoms with Gasteiger partial charge in [0.25, 0.3) is 0 Å². The molecule has 1 amide bonds. The van der Waals surface area contributed by atoms with Crippen LogP contribution in [-0.4, -0.2) is 31.1 Å². The highest BCUT2D eigenvalue weighted by molar-refractivity contribution is 5.81. The van der Waals surface area contributed by atoms with E-state index in [1.807, 2.05) is 24.3 Å². The maximum atomic E-state index is 11.8. The molecule has 5 nitrogen and oxygen atoms in total. The van der Waals surface area contributed by atoms with E-state index in [1.165, 1.54) is 25.7 Å². The van der Waals surface area contributed by atoms with E-state index in [9.17, 15) is 4.79 Å². The highest BCUT2D eigenvalue weighted by Crippen LogP contribution is 2.24. The van der Waals surface area contributed by atoms with Crippen LogP contribution in [0.5, 0.6) is 5.75 Å². The number of carbonyl (C=O) groups is 1. The lowest BCUT2D eigenvalue weighted by atomic mass is 10.0. The second-order valence-electron chi connectivity index (χ2n) is 7.00. The molecule has 24 heavy (non-hydrogen) atoms. The molecular formula is C19H31N3O2. The predicted molar refractivity (Wildman–Crippen MR) is 98.3 cm³/mol. The largest absolute Gasteiger partial charge is 0.490 e. The minimum Gasteiger partial charge on any atom is -0.490 e. The van der Waals surface area contributed by atoms with Crippen LogP contribution < -0.4 is 21.1 Å². The lowest BCUT2D eigenvalue weighted by Gasteiger charge is -2.15. The maximum absolute atomic E-state index is 11.8. The number of amides is 1. The fourth-order valence-electron chi connectivity index (χ4n) is 2.99. The summed E-state index contributed by atoms with van der Waals surface area (Å²) in [5, 5.41) is 6.16. The van der Waals surface area contributed by atoms with E-state index in [-0.39, 0.29) is 5.91 Å². The molecule has 1 aliphatic rings. The van der Waals surface area contributed by atoms with E-state index in [0.717, 1.165) is 11.4 Å². The van der Waals surface area contributed by atoms with Crippen molar-refractivity contribution in [1.82, 2.24) is 5.32 Å². The van der Waals surface area contributed by atoms with Crippen LogP contribution in [0.3, 0.4) is 0 Å². The second kappa shape index (κ2) is 9.52. The molecule has 5 heteroatoms. The molecule has 2 rings (SSSR count). The van der Waals surface area contributed by atoms with Crippen molar-refractivity contribution in [1.29, 1.82) is 0 Å². The Labute approximate surface area is 145 Å². The molecule has 1 saturated carbocycles. The van der Waals surface area contributed by atoms with Crippen LogP contribution in [0.4, 0.5) is 5.69 Å². The summed E-state index contributed by atoms with van der Waals surface area (Å²) in [5.41, 5.74) is 6.87. The van der Waals surface area contributed by atoms with E-state index in [2.05, 4.69) is 24.5 Å². The molecular weight excluding hydrogens is 302 g/mol. The van der Waals surface area contributed by atoms with E-state index >= 15 is 0 Å². The van der Waals surface area contributed by atoms with Crippen LogP contribution in [0.15, 0.2) is 24.3 Å². The number of benzene rings is 1. The lowest BCUT2D eigenvalue weighted by molar-refractivity contribution is -0.122. The number of ether oxygens (including phenoxy) is 1. The van der Waals surface area contributed by atoms with Gasteiger partial charge in [-0.25, -0.2) is 0 Å². The molecule has 1 aromatic rings. The average molecular weight is 333 g/mol. The normalized spacial score (nSPS) is 16.2. The van der Waals surface area contributed by atoms with E-state index in [0.29, 0.717) is 31.5 Å². The van der Waals surface area contributed by atoms with Crippen molar-refractivity contribution < 1.29 is 9.53 Å². The summed E-state index contributed by atoms with van der Waals surface area (Å²) in [4.78, 5) is 11.8. The molecule has 134 valence electrons. The fraction of sp³-hybridized carbons (Fsp3) is 0.632. The van der Waals surface area contributed by atoms with Gasteiger partial charge in [-0.3, -0.25) is 4.79 Å². The summed E-state index contributed by atoms with van der Waals surface area (Å²) in [6.45, 7) is 5.36. The number of hydrogen-bond donors (Lipinski definition) is 3. The Hall–Kier alpha value is -1.75. The monoisotopic (exact) mass is 333 g/mol. The lowest BCUT2D eigenvalue weighted by Crippen LogP contribution is -2.42. The SMILES string of the molecule is CC(C)C[C@H](N)C(=O)NCCNc1ccc(OC2CCCC2)cc1. The molecule has 0 bridgehead atoms. The molecule has 0 unspecified atom stereocenters. The minimum atomic E-state index is -0.419. The zero-order valence-electron chi connectivity index (χ0n) is 14.9. The van der Waals surface area contributed by atoms with Crippen molar-refractivity contribution in [2.45, 2.75) is 58.1 Å². The van der Waals surface area contributed by atoms with Crippen molar-refractivity contribution in [3.8, 4) is 5.75 Å². The molecule has 4 N–H and O–H groups in total. The zero-order chi connectivity index (χ0) is 17.4. The smallest absolute Gasteiger partial charge is 0.236 e. The first kappa shape index (κ1) is 18.6. The van der Waals surface area contributed by atoms with Crippen LogP contribution in [-0.2, 0) is 4.79 Å². The Morgan fingerprint density at radius 2 is 1.88 bits per heavy atom. The fourth-order valence-corrected chi connectivity index (χ4v) is 2.99. The molecule has 1 aromatic carbocycles. The van der Waals surface area contributed by atoms with Gasteiger partial charge < -0.3 is 21.1 Å². The van der Waals surface area contributed by atoms with Crippen molar-refractivity contribution >= 4 is 11.6 Å². The molecule has 0 radical (unpaired) electrons. The van der Waals surface area contributed by atoms with Gasteiger partial charge in [0.1, 0.15) is 5.75 Å². The number of nitrogens with one attached hydrogen (secondary N) is 2. The van der Waals surface area contributed by atoms with E-state index in [4.69, 9.17) is 10.5 Å². The third kappa shape index (κ3) is 6.40. The standard InChI is InChI=1S/C19H31N3O2/c1-14(2)13-18(20)19(23)22-12-11-21-15-7-9-17(10-8-15)24-16-5-3-4-6-16/h7-10,14,16,18,21H,3-6,11-13,20H2,1-2H3,(H,22,23)/t18-/m0/s1. The highest BCUT2D eigenvalue weighted by Gasteiger charge is 2.16. The van der Waals surface area contributed by atoms with Gasteiger partial charge in [0.2, 0.25) is 5.91 Å². The minimum absolute atomic E-state index is 0.0780. The number of anilines is 1. The first-order valence-corrected chi connectivity index (χ1v) is 9.08.